The van der Waals surface area contributed by atoms with Gasteiger partial charge in [-0.1, -0.05) is 36.2 Å². The van der Waals surface area contributed by atoms with Gasteiger partial charge in [-0.25, -0.2) is 4.79 Å². The van der Waals surface area contributed by atoms with Gasteiger partial charge in [-0.15, -0.1) is 0 Å². The molecule has 1 aromatic rings. The minimum absolute atomic E-state index is 0.00386. The lowest BCUT2D eigenvalue weighted by Crippen LogP contribution is -2.43. The quantitative estimate of drug-likeness (QED) is 0.333. The molecule has 27 heavy (non-hydrogen) atoms. The average molecular weight is 379 g/mol. The molecule has 1 rings (SSSR count). The van der Waals surface area contributed by atoms with E-state index < -0.39 is 24.0 Å². The van der Waals surface area contributed by atoms with Gasteiger partial charge in [0.05, 0.1) is 12.8 Å². The number of hydrogen-bond donors (Lipinski definition) is 5. The number of rotatable bonds is 13. The van der Waals surface area contributed by atoms with Crippen molar-refractivity contribution in [2.45, 2.75) is 51.6 Å². The SMILES string of the molecule is Cc1ccc(CNCCCCC(CC(=O)O)NC(=O)NCCC(=O)O)cc1. The number of urea groups is 1. The van der Waals surface area contributed by atoms with Gasteiger partial charge >= 0.3 is 18.0 Å². The molecule has 0 saturated carbocycles. The van der Waals surface area contributed by atoms with Gasteiger partial charge in [-0.2, -0.15) is 0 Å². The first-order chi connectivity index (χ1) is 12.9. The Labute approximate surface area is 159 Å². The van der Waals surface area contributed by atoms with Gasteiger partial charge in [0.1, 0.15) is 0 Å². The lowest BCUT2D eigenvalue weighted by atomic mass is 10.1. The summed E-state index contributed by atoms with van der Waals surface area (Å²) in [4.78, 5) is 33.1. The van der Waals surface area contributed by atoms with E-state index in [1.165, 1.54) is 11.1 Å². The van der Waals surface area contributed by atoms with E-state index in [-0.39, 0.29) is 19.4 Å². The highest BCUT2D eigenvalue weighted by molar-refractivity contribution is 5.76. The number of carbonyl (C=O) groups is 3. The molecule has 150 valence electrons. The molecule has 2 amide bonds. The molecule has 5 N–H and O–H groups in total. The normalized spacial score (nSPS) is 11.6. The highest BCUT2D eigenvalue weighted by Crippen LogP contribution is 2.06. The second-order valence-corrected chi connectivity index (χ2v) is 6.50. The van der Waals surface area contributed by atoms with Crippen LogP contribution in [0.2, 0.25) is 0 Å². The van der Waals surface area contributed by atoms with Crippen LogP contribution in [0.15, 0.2) is 24.3 Å². The summed E-state index contributed by atoms with van der Waals surface area (Å²) in [6.45, 7) is 3.64. The van der Waals surface area contributed by atoms with E-state index >= 15 is 0 Å². The van der Waals surface area contributed by atoms with Crippen LogP contribution in [0.5, 0.6) is 0 Å². The zero-order chi connectivity index (χ0) is 20.1. The fraction of sp³-hybridized carbons (Fsp3) is 0.526. The van der Waals surface area contributed by atoms with Crippen LogP contribution in [-0.4, -0.2) is 47.3 Å². The average Bonchev–Trinajstić information content (AvgIpc) is 2.58. The molecule has 8 heteroatoms. The van der Waals surface area contributed by atoms with Gasteiger partial charge in [-0.05, 0) is 31.9 Å². The molecule has 1 unspecified atom stereocenters. The summed E-state index contributed by atoms with van der Waals surface area (Å²) in [6, 6.07) is 7.28. The maximum Gasteiger partial charge on any atom is 0.315 e. The highest BCUT2D eigenvalue weighted by Gasteiger charge is 2.15. The summed E-state index contributed by atoms with van der Waals surface area (Å²) in [5, 5.41) is 25.9. The fourth-order valence-electron chi connectivity index (χ4n) is 2.53. The van der Waals surface area contributed by atoms with Crippen molar-refractivity contribution in [3.8, 4) is 0 Å². The van der Waals surface area contributed by atoms with Gasteiger partial charge in [0.15, 0.2) is 0 Å². The van der Waals surface area contributed by atoms with Crippen LogP contribution in [0.3, 0.4) is 0 Å². The van der Waals surface area contributed by atoms with E-state index in [0.29, 0.717) is 6.42 Å². The van der Waals surface area contributed by atoms with Crippen LogP contribution < -0.4 is 16.0 Å². The summed E-state index contributed by atoms with van der Waals surface area (Å²) in [6.07, 6.45) is 1.84. The molecule has 0 heterocycles. The van der Waals surface area contributed by atoms with Crippen LogP contribution in [0.25, 0.3) is 0 Å². The van der Waals surface area contributed by atoms with Crippen LogP contribution in [0, 0.1) is 6.92 Å². The lowest BCUT2D eigenvalue weighted by Gasteiger charge is -2.17. The second-order valence-electron chi connectivity index (χ2n) is 6.50. The molecule has 0 aliphatic rings. The predicted octanol–water partition coefficient (Wildman–Crippen LogP) is 1.87. The number of nitrogens with one attached hydrogen (secondary N) is 3. The highest BCUT2D eigenvalue weighted by atomic mass is 16.4. The number of aliphatic carboxylic acids is 2. The molecule has 0 aliphatic heterocycles. The van der Waals surface area contributed by atoms with Crippen molar-refractivity contribution in [1.82, 2.24) is 16.0 Å². The molecule has 0 radical (unpaired) electrons. The first-order valence-electron chi connectivity index (χ1n) is 9.11. The molecule has 0 aliphatic carbocycles. The Bertz CT molecular complexity index is 604. The summed E-state index contributed by atoms with van der Waals surface area (Å²) < 4.78 is 0. The smallest absolute Gasteiger partial charge is 0.315 e. The van der Waals surface area contributed by atoms with E-state index in [1.807, 2.05) is 6.92 Å². The van der Waals surface area contributed by atoms with Gasteiger partial charge < -0.3 is 26.2 Å². The maximum atomic E-state index is 11.7. The molecule has 0 saturated heterocycles. The van der Waals surface area contributed by atoms with E-state index in [2.05, 4.69) is 40.2 Å². The standard InChI is InChI=1S/C19H29N3O5/c1-14-5-7-15(8-6-14)13-20-10-3-2-4-16(12-18(25)26)22-19(27)21-11-9-17(23)24/h5-8,16,20H,2-4,9-13H2,1H3,(H,23,24)(H,25,26)(H2,21,22,27). The number of carboxylic acids is 2. The van der Waals surface area contributed by atoms with Crippen molar-refractivity contribution in [3.05, 3.63) is 35.4 Å². The predicted molar refractivity (Wildman–Crippen MR) is 102 cm³/mol. The molecule has 0 bridgehead atoms. The first kappa shape index (κ1) is 22.4. The van der Waals surface area contributed by atoms with Crippen LogP contribution >= 0.6 is 0 Å². The van der Waals surface area contributed by atoms with E-state index in [9.17, 15) is 14.4 Å². The number of aryl methyl sites for hydroxylation is 1. The monoisotopic (exact) mass is 379 g/mol. The van der Waals surface area contributed by atoms with Crippen LogP contribution in [0.1, 0.15) is 43.2 Å². The van der Waals surface area contributed by atoms with Crippen molar-refractivity contribution >= 4 is 18.0 Å². The Hall–Kier alpha value is -2.61. The molecule has 1 atom stereocenters. The molecule has 8 nitrogen and oxygen atoms in total. The van der Waals surface area contributed by atoms with E-state index in [0.717, 1.165) is 25.9 Å². The number of carbonyl (C=O) groups excluding carboxylic acids is 1. The largest absolute Gasteiger partial charge is 0.481 e. The summed E-state index contributed by atoms with van der Waals surface area (Å²) in [5.74, 6) is -1.99. The lowest BCUT2D eigenvalue weighted by molar-refractivity contribution is -0.138. The van der Waals surface area contributed by atoms with Crippen LogP contribution in [0.4, 0.5) is 4.79 Å². The van der Waals surface area contributed by atoms with Crippen molar-refractivity contribution in [2.75, 3.05) is 13.1 Å². The molecular weight excluding hydrogens is 350 g/mol. The number of unbranched alkanes of at least 4 members (excludes halogenated alkanes) is 1. The summed E-state index contributed by atoms with van der Waals surface area (Å²) in [5.41, 5.74) is 2.44. The Morgan fingerprint density at radius 3 is 2.33 bits per heavy atom. The fourth-order valence-corrected chi connectivity index (χ4v) is 2.53. The van der Waals surface area contributed by atoms with Crippen molar-refractivity contribution < 1.29 is 24.6 Å². The van der Waals surface area contributed by atoms with Crippen molar-refractivity contribution in [2.24, 2.45) is 0 Å². The third kappa shape index (κ3) is 11.6. The Morgan fingerprint density at radius 1 is 1.00 bits per heavy atom. The third-order valence-corrected chi connectivity index (χ3v) is 3.99. The number of amides is 2. The third-order valence-electron chi connectivity index (χ3n) is 3.99. The minimum atomic E-state index is -1.00. The molecule has 0 aromatic heterocycles. The Kier molecular flexibility index (Phi) is 10.5. The Morgan fingerprint density at radius 2 is 1.70 bits per heavy atom. The number of hydrogen-bond acceptors (Lipinski definition) is 4. The maximum absolute atomic E-state index is 11.7. The molecular formula is C19H29N3O5. The topological polar surface area (TPSA) is 128 Å². The first-order valence-corrected chi connectivity index (χ1v) is 9.11. The zero-order valence-corrected chi connectivity index (χ0v) is 15.7. The minimum Gasteiger partial charge on any atom is -0.481 e. The molecule has 1 aromatic carbocycles. The van der Waals surface area contributed by atoms with Gasteiger partial charge in [-0.3, -0.25) is 9.59 Å². The Balaban J connectivity index is 2.22. The number of benzene rings is 1. The molecule has 0 fully saturated rings. The van der Waals surface area contributed by atoms with Gasteiger partial charge in [0.25, 0.3) is 0 Å². The zero-order valence-electron chi connectivity index (χ0n) is 15.7. The summed E-state index contributed by atoms with van der Waals surface area (Å²) >= 11 is 0. The van der Waals surface area contributed by atoms with E-state index in [4.69, 9.17) is 10.2 Å². The van der Waals surface area contributed by atoms with Gasteiger partial charge in [0.2, 0.25) is 0 Å². The molecule has 0 spiro atoms. The van der Waals surface area contributed by atoms with Gasteiger partial charge in [0, 0.05) is 19.1 Å². The second kappa shape index (κ2) is 12.7. The van der Waals surface area contributed by atoms with E-state index in [1.54, 1.807) is 0 Å². The van der Waals surface area contributed by atoms with Crippen molar-refractivity contribution in [3.63, 3.8) is 0 Å². The van der Waals surface area contributed by atoms with Crippen LogP contribution in [-0.2, 0) is 16.1 Å². The number of carboxylic acid groups (broad SMARTS) is 2. The van der Waals surface area contributed by atoms with Crippen molar-refractivity contribution in [1.29, 1.82) is 0 Å². The summed E-state index contributed by atoms with van der Waals surface area (Å²) in [7, 11) is 0.